The molecule has 0 spiro atoms. The summed E-state index contributed by atoms with van der Waals surface area (Å²) in [5, 5.41) is 9.95. The largest absolute Gasteiger partial charge is 0.508 e. The molecule has 4 rings (SSSR count). The number of amides is 1. The van der Waals surface area contributed by atoms with Gasteiger partial charge in [-0.05, 0) is 49.4 Å². The molecule has 2 aliphatic rings. The van der Waals surface area contributed by atoms with Gasteiger partial charge in [-0.1, -0.05) is 11.6 Å². The van der Waals surface area contributed by atoms with Crippen LogP contribution >= 0.6 is 11.6 Å². The fraction of sp³-hybridized carbons (Fsp3) is 0.435. The third-order valence-electron chi connectivity index (χ3n) is 5.74. The highest BCUT2D eigenvalue weighted by Gasteiger charge is 2.40. The van der Waals surface area contributed by atoms with Gasteiger partial charge >= 0.3 is 0 Å². The molecule has 0 radical (unpaired) electrons. The van der Waals surface area contributed by atoms with Gasteiger partial charge in [0.25, 0.3) is 0 Å². The topological polar surface area (TPSA) is 71.5 Å². The van der Waals surface area contributed by atoms with E-state index in [4.69, 9.17) is 25.8 Å². The maximum absolute atomic E-state index is 11.5. The smallest absolute Gasteiger partial charge is 0.219 e. The first kappa shape index (κ1) is 21.7. The van der Waals surface area contributed by atoms with Gasteiger partial charge in [-0.2, -0.15) is 0 Å². The lowest BCUT2D eigenvalue weighted by Gasteiger charge is -2.35. The molecular weight excluding hydrogens is 420 g/mol. The first-order valence-corrected chi connectivity index (χ1v) is 10.8. The van der Waals surface area contributed by atoms with Crippen molar-refractivity contribution in [1.82, 2.24) is 4.90 Å². The molecule has 0 bridgehead atoms. The number of carbonyl (C=O) groups excluding carboxylic acids is 1. The van der Waals surface area contributed by atoms with Crippen molar-refractivity contribution in [3.05, 3.63) is 53.1 Å². The quantitative estimate of drug-likeness (QED) is 0.759. The van der Waals surface area contributed by atoms with Crippen LogP contribution in [0, 0.1) is 0 Å². The molecule has 2 aliphatic heterocycles. The van der Waals surface area contributed by atoms with E-state index in [2.05, 4.69) is 4.90 Å². The lowest BCUT2D eigenvalue weighted by molar-refractivity contribution is -0.164. The van der Waals surface area contributed by atoms with Gasteiger partial charge in [-0.25, -0.2) is 0 Å². The maximum atomic E-state index is 11.5. The van der Waals surface area contributed by atoms with E-state index >= 15 is 0 Å². The van der Waals surface area contributed by atoms with E-state index in [0.717, 1.165) is 37.6 Å². The fourth-order valence-corrected chi connectivity index (χ4v) is 4.30. The zero-order valence-corrected chi connectivity index (χ0v) is 18.5. The van der Waals surface area contributed by atoms with E-state index in [0.29, 0.717) is 23.8 Å². The highest BCUT2D eigenvalue weighted by atomic mass is 35.5. The second-order valence-electron chi connectivity index (χ2n) is 7.96. The van der Waals surface area contributed by atoms with Crippen LogP contribution in [-0.2, 0) is 20.1 Å². The Morgan fingerprint density at radius 2 is 1.90 bits per heavy atom. The number of piperazine rings is 1. The predicted octanol–water partition coefficient (Wildman–Crippen LogP) is 3.38. The van der Waals surface area contributed by atoms with Crippen LogP contribution in [0.4, 0.5) is 5.69 Å². The summed E-state index contributed by atoms with van der Waals surface area (Å²) in [6, 6.07) is 12.7. The number of halogens is 1. The van der Waals surface area contributed by atoms with Crippen molar-refractivity contribution < 1.29 is 24.1 Å². The Hall–Kier alpha value is -2.48. The molecule has 0 saturated carbocycles. The number of hydrogen-bond donors (Lipinski definition) is 1. The number of anilines is 1. The van der Waals surface area contributed by atoms with Crippen LogP contribution in [0.15, 0.2) is 42.5 Å². The highest BCUT2D eigenvalue weighted by molar-refractivity contribution is 6.31. The summed E-state index contributed by atoms with van der Waals surface area (Å²) in [6.07, 6.45) is -0.241. The van der Waals surface area contributed by atoms with Crippen molar-refractivity contribution in [2.75, 3.05) is 44.3 Å². The molecule has 8 heteroatoms. The second-order valence-corrected chi connectivity index (χ2v) is 8.37. The van der Waals surface area contributed by atoms with Crippen molar-refractivity contribution in [1.29, 1.82) is 0 Å². The standard InChI is InChI=1S/C23H27ClN2O5/c1-16(27)25-9-11-26(12-10-25)17-3-6-19(7-4-17)29-14-20-15-30-23(2,31-20)21-8-5-18(28)13-22(21)24/h3-8,13,20,28H,9-12,14-15H2,1-2H3. The summed E-state index contributed by atoms with van der Waals surface area (Å²) < 4.78 is 17.9. The van der Waals surface area contributed by atoms with E-state index in [1.165, 1.54) is 6.07 Å². The Bertz CT molecular complexity index is 930. The van der Waals surface area contributed by atoms with Gasteiger partial charge < -0.3 is 29.1 Å². The summed E-state index contributed by atoms with van der Waals surface area (Å²) >= 11 is 6.25. The molecule has 7 nitrogen and oxygen atoms in total. The van der Waals surface area contributed by atoms with Crippen LogP contribution in [0.3, 0.4) is 0 Å². The Labute approximate surface area is 187 Å². The van der Waals surface area contributed by atoms with Gasteiger partial charge in [0, 0.05) is 44.4 Å². The summed E-state index contributed by atoms with van der Waals surface area (Å²) in [7, 11) is 0. The summed E-state index contributed by atoms with van der Waals surface area (Å²) in [6.45, 7) is 7.30. The Balaban J connectivity index is 1.30. The molecule has 1 amide bonds. The predicted molar refractivity (Wildman–Crippen MR) is 118 cm³/mol. The van der Waals surface area contributed by atoms with Crippen LogP contribution in [0.5, 0.6) is 11.5 Å². The summed E-state index contributed by atoms with van der Waals surface area (Å²) in [4.78, 5) is 15.6. The number of phenols is 1. The fourth-order valence-electron chi connectivity index (χ4n) is 3.96. The number of rotatable bonds is 5. The van der Waals surface area contributed by atoms with Gasteiger partial charge in [0.2, 0.25) is 5.91 Å². The van der Waals surface area contributed by atoms with Crippen molar-refractivity contribution in [3.63, 3.8) is 0 Å². The molecule has 2 saturated heterocycles. The van der Waals surface area contributed by atoms with Crippen LogP contribution in [0.25, 0.3) is 0 Å². The minimum atomic E-state index is -0.981. The number of nitrogens with zero attached hydrogens (tertiary/aromatic N) is 2. The van der Waals surface area contributed by atoms with Crippen molar-refractivity contribution in [3.8, 4) is 11.5 Å². The molecule has 31 heavy (non-hydrogen) atoms. The molecule has 2 heterocycles. The monoisotopic (exact) mass is 446 g/mol. The number of aromatic hydroxyl groups is 1. The Morgan fingerprint density at radius 1 is 1.19 bits per heavy atom. The lowest BCUT2D eigenvalue weighted by atomic mass is 10.1. The van der Waals surface area contributed by atoms with Crippen LogP contribution in [-0.4, -0.2) is 61.4 Å². The van der Waals surface area contributed by atoms with E-state index in [1.807, 2.05) is 36.1 Å². The highest BCUT2D eigenvalue weighted by Crippen LogP contribution is 2.39. The van der Waals surface area contributed by atoms with Crippen molar-refractivity contribution in [2.45, 2.75) is 25.7 Å². The minimum absolute atomic E-state index is 0.0967. The Morgan fingerprint density at radius 3 is 2.55 bits per heavy atom. The number of benzene rings is 2. The number of ether oxygens (including phenoxy) is 3. The first-order valence-electron chi connectivity index (χ1n) is 10.4. The number of phenolic OH excluding ortho intramolecular Hbond substituents is 1. The van der Waals surface area contributed by atoms with E-state index < -0.39 is 5.79 Å². The van der Waals surface area contributed by atoms with Gasteiger partial charge in [-0.15, -0.1) is 0 Å². The zero-order valence-electron chi connectivity index (χ0n) is 17.7. The SMILES string of the molecule is CC(=O)N1CCN(c2ccc(OCC3COC(C)(c4ccc(O)cc4Cl)O3)cc2)CC1. The molecule has 1 N–H and O–H groups in total. The molecule has 166 valence electrons. The molecule has 2 aromatic rings. The zero-order chi connectivity index (χ0) is 22.0. The van der Waals surface area contributed by atoms with Crippen LogP contribution in [0.2, 0.25) is 5.02 Å². The minimum Gasteiger partial charge on any atom is -0.508 e. The lowest BCUT2D eigenvalue weighted by Crippen LogP contribution is -2.48. The van der Waals surface area contributed by atoms with E-state index in [9.17, 15) is 9.90 Å². The number of hydrogen-bond acceptors (Lipinski definition) is 6. The maximum Gasteiger partial charge on any atom is 0.219 e. The second kappa shape index (κ2) is 8.94. The normalized spacial score (nSPS) is 23.8. The van der Waals surface area contributed by atoms with Crippen molar-refractivity contribution in [2.24, 2.45) is 0 Å². The average molecular weight is 447 g/mol. The summed E-state index contributed by atoms with van der Waals surface area (Å²) in [5.41, 5.74) is 1.79. The van der Waals surface area contributed by atoms with Gasteiger partial charge in [0.1, 0.15) is 24.2 Å². The summed E-state index contributed by atoms with van der Waals surface area (Å²) in [5.74, 6) is 0.000657. The average Bonchev–Trinajstić information content (AvgIpc) is 3.14. The first-order chi connectivity index (χ1) is 14.8. The molecule has 2 fully saturated rings. The molecule has 0 aromatic heterocycles. The molecule has 2 unspecified atom stereocenters. The molecule has 2 aromatic carbocycles. The molecule has 0 aliphatic carbocycles. The van der Waals surface area contributed by atoms with Gasteiger partial charge in [0.05, 0.1) is 11.6 Å². The number of carbonyl (C=O) groups is 1. The third-order valence-corrected chi connectivity index (χ3v) is 6.05. The third kappa shape index (κ3) is 4.89. The van der Waals surface area contributed by atoms with E-state index in [-0.39, 0.29) is 17.8 Å². The van der Waals surface area contributed by atoms with Gasteiger partial charge in [-0.3, -0.25) is 4.79 Å². The van der Waals surface area contributed by atoms with Crippen LogP contribution < -0.4 is 9.64 Å². The van der Waals surface area contributed by atoms with Gasteiger partial charge in [0.15, 0.2) is 5.79 Å². The van der Waals surface area contributed by atoms with E-state index in [1.54, 1.807) is 19.1 Å². The van der Waals surface area contributed by atoms with Crippen molar-refractivity contribution >= 4 is 23.2 Å². The Kier molecular flexibility index (Phi) is 6.27. The molecule has 2 atom stereocenters. The molecular formula is C23H27ClN2O5. The van der Waals surface area contributed by atoms with Crippen LogP contribution in [0.1, 0.15) is 19.4 Å².